The summed E-state index contributed by atoms with van der Waals surface area (Å²) in [4.78, 5) is 25.3. The third-order valence-corrected chi connectivity index (χ3v) is 12.0. The van der Waals surface area contributed by atoms with Crippen molar-refractivity contribution in [2.24, 2.45) is 14.1 Å². The number of ether oxygens (including phenoxy) is 4. The van der Waals surface area contributed by atoms with Gasteiger partial charge in [0, 0.05) is 87.3 Å². The number of nitrogens with one attached hydrogen (secondary N) is 1. The lowest BCUT2D eigenvalue weighted by Crippen LogP contribution is -2.49. The number of likely N-dealkylation sites (tertiary alicyclic amines) is 1. The Morgan fingerprint density at radius 1 is 0.697 bits per heavy atom. The van der Waals surface area contributed by atoms with E-state index in [-0.39, 0.29) is 39.5 Å². The molecule has 1 amide bonds. The molecular weight excluding hydrogens is 887 g/mol. The minimum Gasteiger partial charge on any atom is -0.507 e. The van der Waals surface area contributed by atoms with Gasteiger partial charge in [-0.3, -0.25) is 14.2 Å². The van der Waals surface area contributed by atoms with Crippen LogP contribution in [-0.4, -0.2) is 96.4 Å². The van der Waals surface area contributed by atoms with Crippen molar-refractivity contribution in [2.75, 3.05) is 44.7 Å². The van der Waals surface area contributed by atoms with Crippen LogP contribution in [0.25, 0.3) is 22.5 Å². The summed E-state index contributed by atoms with van der Waals surface area (Å²) in [6.07, 6.45) is 7.19. The van der Waals surface area contributed by atoms with Crippen molar-refractivity contribution in [2.45, 2.75) is 50.7 Å². The van der Waals surface area contributed by atoms with Gasteiger partial charge in [0.1, 0.15) is 51.3 Å². The standard InChI is InChI=1S/C24H25N3O4.C15H17N3O.C9H10O4.CH2Cl2/c1-3-30-16-8-9-17(20(28)14-16)23(29)27-12-10-24(11-13-27)19-15-25-26(2)22(19)18-6-4-5-7-21(18)31-24;1-18-14-11-4-2-3-5-13(11)19-15(12(14)10-17-18)6-8-16-9-7-15;1-2-13-6-3-4-7(9(11)12)8(10)5-6;2-1-3/h4-9,14-15,28H,3,10-13H2,1-2H3;2-5,10,16H,6-9H2,1H3;3-5,10H,2H2,1H3,(H,11,12);1H2. The van der Waals surface area contributed by atoms with E-state index in [2.05, 4.69) is 39.8 Å². The lowest BCUT2D eigenvalue weighted by molar-refractivity contribution is -0.00180. The van der Waals surface area contributed by atoms with Gasteiger partial charge in [-0.2, -0.15) is 10.2 Å². The Bertz CT molecular complexity index is 2650. The first-order valence-corrected chi connectivity index (χ1v) is 22.8. The van der Waals surface area contributed by atoms with E-state index in [1.54, 1.807) is 17.0 Å². The van der Waals surface area contributed by atoms with Crippen molar-refractivity contribution in [3.8, 4) is 57.0 Å². The molecule has 2 spiro atoms. The summed E-state index contributed by atoms with van der Waals surface area (Å²) in [5, 5.41) is 40.7. The molecule has 6 heterocycles. The maximum Gasteiger partial charge on any atom is 0.339 e. The second-order valence-corrected chi connectivity index (χ2v) is 16.7. The van der Waals surface area contributed by atoms with Gasteiger partial charge >= 0.3 is 5.97 Å². The van der Waals surface area contributed by atoms with E-state index < -0.39 is 11.6 Å². The van der Waals surface area contributed by atoms with Gasteiger partial charge in [-0.25, -0.2) is 4.79 Å². The van der Waals surface area contributed by atoms with Crippen molar-refractivity contribution in [3.05, 3.63) is 120 Å². The van der Waals surface area contributed by atoms with E-state index >= 15 is 0 Å². The highest BCUT2D eigenvalue weighted by molar-refractivity contribution is 6.40. The third-order valence-electron chi connectivity index (χ3n) is 12.0. The van der Waals surface area contributed by atoms with Crippen molar-refractivity contribution in [1.82, 2.24) is 29.8 Å². The zero-order chi connectivity index (χ0) is 47.0. The van der Waals surface area contributed by atoms with Crippen LogP contribution >= 0.6 is 23.2 Å². The number of aromatic nitrogens is 4. The number of hydrogen-bond acceptors (Lipinski definition) is 11. The molecule has 4 aliphatic heterocycles. The Labute approximate surface area is 393 Å². The summed E-state index contributed by atoms with van der Waals surface area (Å²) in [6, 6.07) is 25.2. The number of piperidine rings is 2. The second kappa shape index (κ2) is 20.8. The van der Waals surface area contributed by atoms with Crippen molar-refractivity contribution < 1.29 is 43.9 Å². The van der Waals surface area contributed by atoms with Gasteiger partial charge in [0.15, 0.2) is 0 Å². The van der Waals surface area contributed by atoms with E-state index in [0.717, 1.165) is 59.8 Å². The number of para-hydroxylation sites is 2. The van der Waals surface area contributed by atoms with Crippen LogP contribution in [0.15, 0.2) is 97.3 Å². The topological polar surface area (TPSA) is 183 Å². The molecule has 0 unspecified atom stereocenters. The average Bonchev–Trinajstić information content (AvgIpc) is 3.91. The number of aryl methyl sites for hydroxylation is 2. The van der Waals surface area contributed by atoms with Crippen molar-refractivity contribution in [3.63, 3.8) is 0 Å². The quantitative estimate of drug-likeness (QED) is 0.117. The average molecular weight is 942 g/mol. The number of carbonyl (C=O) groups excluding carboxylic acids is 1. The molecule has 6 aromatic rings. The highest BCUT2D eigenvalue weighted by Crippen LogP contribution is 2.50. The lowest BCUT2D eigenvalue weighted by Gasteiger charge is -2.44. The number of alkyl halides is 2. The van der Waals surface area contributed by atoms with Gasteiger partial charge in [-0.05, 0) is 75.5 Å². The predicted octanol–water partition coefficient (Wildman–Crippen LogP) is 8.68. The molecule has 15 nitrogen and oxygen atoms in total. The van der Waals surface area contributed by atoms with Gasteiger partial charge in [0.2, 0.25) is 0 Å². The van der Waals surface area contributed by atoms with Gasteiger partial charge in [0.25, 0.3) is 5.91 Å². The van der Waals surface area contributed by atoms with E-state index in [0.29, 0.717) is 50.6 Å². The number of carboxylic acids is 1. The number of fused-ring (bicyclic) bond motifs is 8. The van der Waals surface area contributed by atoms with Crippen LogP contribution in [0.1, 0.15) is 71.4 Å². The van der Waals surface area contributed by atoms with E-state index in [9.17, 15) is 19.8 Å². The van der Waals surface area contributed by atoms with E-state index in [4.69, 9.17) is 47.3 Å². The van der Waals surface area contributed by atoms with Gasteiger partial charge in [-0.1, -0.05) is 24.3 Å². The van der Waals surface area contributed by atoms with Crippen LogP contribution in [0.5, 0.6) is 34.5 Å². The summed E-state index contributed by atoms with van der Waals surface area (Å²) in [5.74, 6) is 1.17. The number of carbonyl (C=O) groups is 2. The molecule has 0 saturated carbocycles. The number of amides is 1. The molecule has 348 valence electrons. The maximum absolute atomic E-state index is 13.1. The van der Waals surface area contributed by atoms with E-state index in [1.165, 1.54) is 35.5 Å². The first-order valence-electron chi connectivity index (χ1n) is 21.8. The van der Waals surface area contributed by atoms with Gasteiger partial charge in [0.05, 0.1) is 47.9 Å². The smallest absolute Gasteiger partial charge is 0.339 e. The second-order valence-electron chi connectivity index (χ2n) is 15.9. The molecule has 0 atom stereocenters. The molecule has 0 aliphatic carbocycles. The number of nitrogens with zero attached hydrogens (tertiary/aromatic N) is 5. The molecule has 4 N–H and O–H groups in total. The molecule has 0 radical (unpaired) electrons. The third kappa shape index (κ3) is 9.74. The number of benzene rings is 4. The number of rotatable bonds is 6. The Morgan fingerprint density at radius 3 is 1.58 bits per heavy atom. The fraction of sp³-hybridized carbons (Fsp3) is 0.347. The highest BCUT2D eigenvalue weighted by atomic mass is 35.5. The molecule has 4 aliphatic rings. The Hall–Kier alpha value is -6.42. The molecule has 2 aromatic heterocycles. The zero-order valence-electron chi connectivity index (χ0n) is 37.3. The number of aromatic hydroxyl groups is 2. The molecule has 10 rings (SSSR count). The Kier molecular flexibility index (Phi) is 15.0. The summed E-state index contributed by atoms with van der Waals surface area (Å²) >= 11 is 9.53. The van der Waals surface area contributed by atoms with Crippen LogP contribution < -0.4 is 24.3 Å². The van der Waals surface area contributed by atoms with Crippen LogP contribution in [0.3, 0.4) is 0 Å². The highest BCUT2D eigenvalue weighted by Gasteiger charge is 2.46. The summed E-state index contributed by atoms with van der Waals surface area (Å²) in [7, 11) is 3.96. The fourth-order valence-electron chi connectivity index (χ4n) is 8.93. The van der Waals surface area contributed by atoms with Crippen LogP contribution in [0.4, 0.5) is 0 Å². The minimum atomic E-state index is -1.15. The monoisotopic (exact) mass is 940 g/mol. The molecule has 0 bridgehead atoms. The molecule has 2 fully saturated rings. The van der Waals surface area contributed by atoms with Crippen molar-refractivity contribution >= 4 is 35.1 Å². The van der Waals surface area contributed by atoms with Crippen molar-refractivity contribution in [1.29, 1.82) is 0 Å². The predicted molar refractivity (Wildman–Crippen MR) is 251 cm³/mol. The van der Waals surface area contributed by atoms with Gasteiger partial charge < -0.3 is 44.5 Å². The number of aromatic carboxylic acids is 1. The number of carboxylic acid groups (broad SMARTS) is 1. The summed E-state index contributed by atoms with van der Waals surface area (Å²) in [5.41, 5.74) is 6.27. The summed E-state index contributed by atoms with van der Waals surface area (Å²) < 4.78 is 27.3. The number of hydrogen-bond donors (Lipinski definition) is 4. The first kappa shape index (κ1) is 47.5. The van der Waals surface area contributed by atoms with Crippen LogP contribution in [0.2, 0.25) is 0 Å². The number of phenolic OH excluding ortho intramolecular Hbond substituents is 1. The number of phenols is 2. The maximum atomic E-state index is 13.1. The minimum absolute atomic E-state index is 0.0615. The molecule has 4 aromatic carbocycles. The fourth-order valence-corrected chi connectivity index (χ4v) is 8.93. The van der Waals surface area contributed by atoms with Crippen LogP contribution in [0, 0.1) is 0 Å². The van der Waals surface area contributed by atoms with E-state index in [1.807, 2.05) is 74.0 Å². The Balaban J connectivity index is 0.000000157. The Morgan fingerprint density at radius 2 is 1.14 bits per heavy atom. The lowest BCUT2D eigenvalue weighted by atomic mass is 9.81. The molecule has 66 heavy (non-hydrogen) atoms. The summed E-state index contributed by atoms with van der Waals surface area (Å²) in [6.45, 7) is 7.71. The SMILES string of the molecule is CCOc1ccc(C(=O)N2CCC3(CC2)Oc2ccccc2-c2c3cnn2C)c(O)c1.CCOc1ccc(C(=O)O)c(O)c1.ClCCl.Cn1ncc2c1-c1ccccc1OC21CCNCC1. The number of halogens is 2. The molecule has 2 saturated heterocycles. The van der Waals surface area contributed by atoms with Crippen LogP contribution in [-0.2, 0) is 25.3 Å². The normalized spacial score (nSPS) is 15.5. The first-order chi connectivity index (χ1) is 31.9. The van der Waals surface area contributed by atoms with Gasteiger partial charge in [-0.15, -0.1) is 23.2 Å². The largest absolute Gasteiger partial charge is 0.507 e. The molecular formula is C49H54Cl2N6O9. The molecule has 17 heteroatoms. The zero-order valence-corrected chi connectivity index (χ0v) is 38.8.